The molecule has 0 aromatic heterocycles. The number of esters is 1. The highest BCUT2D eigenvalue weighted by Gasteiger charge is 2.39. The second-order valence-electron chi connectivity index (χ2n) is 8.43. The molecule has 0 unspecified atom stereocenters. The van der Waals surface area contributed by atoms with E-state index in [0.29, 0.717) is 6.42 Å². The molecule has 0 aliphatic carbocycles. The van der Waals surface area contributed by atoms with E-state index in [2.05, 4.69) is 71.8 Å². The second-order valence-corrected chi connectivity index (χ2v) is 14.3. The Morgan fingerprint density at radius 3 is 2.32 bits per heavy atom. The number of carbonyl (C=O) groups excluding carboxylic acids is 2. The Kier molecular flexibility index (Phi) is 8.95. The lowest BCUT2D eigenvalue weighted by Gasteiger charge is -2.36. The summed E-state index contributed by atoms with van der Waals surface area (Å²) >= 11 is 2.28. The van der Waals surface area contributed by atoms with E-state index >= 15 is 0 Å². The normalized spacial score (nSPS) is 14.2. The monoisotopic (exact) mass is 520 g/mol. The van der Waals surface area contributed by atoms with E-state index < -0.39 is 26.4 Å². The van der Waals surface area contributed by atoms with Crippen LogP contribution < -0.4 is 15.1 Å². The predicted molar refractivity (Wildman–Crippen MR) is 123 cm³/mol. The molecule has 0 saturated carbocycles. The maximum atomic E-state index is 12.5. The Labute approximate surface area is 183 Å². The number of methoxy groups -OCH3 is 1. The molecule has 0 bridgehead atoms. The zero-order valence-electron chi connectivity index (χ0n) is 18.1. The Bertz CT molecular complexity index is 704. The zero-order valence-corrected chi connectivity index (χ0v) is 21.3. The summed E-state index contributed by atoms with van der Waals surface area (Å²) in [5.74, 6) is 0.183. The number of halogens is 1. The van der Waals surface area contributed by atoms with Gasteiger partial charge in [0, 0.05) is 0 Å². The molecular formula is C20H33IN2O4Si. The fraction of sp³-hybridized carbons (Fsp3) is 0.600. The molecular weight excluding hydrogens is 487 g/mol. The Morgan fingerprint density at radius 1 is 1.25 bits per heavy atom. The van der Waals surface area contributed by atoms with Crippen LogP contribution >= 0.6 is 22.6 Å². The lowest BCUT2D eigenvalue weighted by molar-refractivity contribution is -0.144. The first-order chi connectivity index (χ1) is 12.8. The Hall–Kier alpha value is -1.13. The highest BCUT2D eigenvalue weighted by Crippen LogP contribution is 2.38. The van der Waals surface area contributed by atoms with Gasteiger partial charge in [-0.3, -0.25) is 4.79 Å². The van der Waals surface area contributed by atoms with Gasteiger partial charge in [-0.2, -0.15) is 0 Å². The molecule has 0 heterocycles. The van der Waals surface area contributed by atoms with Gasteiger partial charge in [0.05, 0.1) is 16.7 Å². The van der Waals surface area contributed by atoms with Crippen molar-refractivity contribution in [1.82, 2.24) is 10.6 Å². The van der Waals surface area contributed by atoms with E-state index in [4.69, 9.17) is 4.43 Å². The van der Waals surface area contributed by atoms with Crippen molar-refractivity contribution in [3.8, 4) is 5.75 Å². The van der Waals surface area contributed by atoms with Crippen molar-refractivity contribution in [3.05, 3.63) is 27.3 Å². The molecule has 0 spiro atoms. The van der Waals surface area contributed by atoms with Crippen molar-refractivity contribution in [3.63, 3.8) is 0 Å². The number of likely N-dealkylation sites (N-methyl/N-ethyl adjacent to an activating group) is 1. The molecule has 0 fully saturated rings. The van der Waals surface area contributed by atoms with Crippen molar-refractivity contribution in [2.24, 2.45) is 0 Å². The SMILES string of the molecule is CN[C@H](Cc1ccc(O[Si](C)(C)C(C)(C)C)c(I)c1)C(=O)N[C@@H](C)C(=O)OC. The van der Waals surface area contributed by atoms with Crippen molar-refractivity contribution in [1.29, 1.82) is 0 Å². The molecule has 1 aromatic rings. The van der Waals surface area contributed by atoms with Crippen LogP contribution in [-0.2, 0) is 20.7 Å². The van der Waals surface area contributed by atoms with Crippen LogP contribution in [0.2, 0.25) is 18.1 Å². The van der Waals surface area contributed by atoms with Gasteiger partial charge >= 0.3 is 5.97 Å². The highest BCUT2D eigenvalue weighted by atomic mass is 127. The summed E-state index contributed by atoms with van der Waals surface area (Å²) in [5.41, 5.74) is 1.02. The molecule has 158 valence electrons. The maximum absolute atomic E-state index is 12.5. The third-order valence-electron chi connectivity index (χ3n) is 5.19. The number of carbonyl (C=O) groups is 2. The van der Waals surface area contributed by atoms with Crippen LogP contribution in [0.5, 0.6) is 5.75 Å². The van der Waals surface area contributed by atoms with Gasteiger partial charge in [0.1, 0.15) is 11.8 Å². The van der Waals surface area contributed by atoms with E-state index in [1.807, 2.05) is 18.2 Å². The third-order valence-corrected chi connectivity index (χ3v) is 10.4. The maximum Gasteiger partial charge on any atom is 0.328 e. The number of nitrogens with one attached hydrogen (secondary N) is 2. The molecule has 2 N–H and O–H groups in total. The first-order valence-corrected chi connectivity index (χ1v) is 13.3. The summed E-state index contributed by atoms with van der Waals surface area (Å²) in [6.45, 7) is 12.7. The number of amides is 1. The van der Waals surface area contributed by atoms with Gasteiger partial charge in [0.2, 0.25) is 5.91 Å². The van der Waals surface area contributed by atoms with Crippen LogP contribution in [0.15, 0.2) is 18.2 Å². The molecule has 2 atom stereocenters. The van der Waals surface area contributed by atoms with Crippen LogP contribution in [0.25, 0.3) is 0 Å². The summed E-state index contributed by atoms with van der Waals surface area (Å²) in [6, 6.07) is 4.89. The van der Waals surface area contributed by atoms with Crippen molar-refractivity contribution >= 4 is 42.8 Å². The molecule has 0 aliphatic heterocycles. The summed E-state index contributed by atoms with van der Waals surface area (Å²) in [7, 11) is 1.12. The fourth-order valence-corrected chi connectivity index (χ4v) is 4.22. The lowest BCUT2D eigenvalue weighted by atomic mass is 10.0. The lowest BCUT2D eigenvalue weighted by Crippen LogP contribution is -2.49. The van der Waals surface area contributed by atoms with Gasteiger partial charge in [-0.1, -0.05) is 26.8 Å². The first kappa shape index (κ1) is 24.9. The van der Waals surface area contributed by atoms with Crippen LogP contribution in [0, 0.1) is 3.57 Å². The molecule has 8 heteroatoms. The summed E-state index contributed by atoms with van der Waals surface area (Å²) < 4.78 is 12.1. The van der Waals surface area contributed by atoms with Crippen LogP contribution in [0.1, 0.15) is 33.3 Å². The minimum Gasteiger partial charge on any atom is -0.543 e. The third kappa shape index (κ3) is 6.73. The van der Waals surface area contributed by atoms with Gasteiger partial charge in [-0.15, -0.1) is 0 Å². The van der Waals surface area contributed by atoms with Gasteiger partial charge in [-0.05, 0) is 78.8 Å². The van der Waals surface area contributed by atoms with Gasteiger partial charge in [-0.25, -0.2) is 4.79 Å². The molecule has 0 radical (unpaired) electrons. The van der Waals surface area contributed by atoms with Gasteiger partial charge in [0.15, 0.2) is 0 Å². The number of hydrogen-bond acceptors (Lipinski definition) is 5. The quantitative estimate of drug-likeness (QED) is 0.312. The largest absolute Gasteiger partial charge is 0.543 e. The number of benzene rings is 1. The minimum absolute atomic E-state index is 0.125. The molecule has 28 heavy (non-hydrogen) atoms. The van der Waals surface area contributed by atoms with E-state index in [1.165, 1.54) is 7.11 Å². The molecule has 6 nitrogen and oxygen atoms in total. The highest BCUT2D eigenvalue weighted by molar-refractivity contribution is 14.1. The molecule has 0 aliphatic rings. The van der Waals surface area contributed by atoms with Crippen LogP contribution in [-0.4, -0.2) is 46.4 Å². The average Bonchev–Trinajstić information content (AvgIpc) is 2.59. The smallest absolute Gasteiger partial charge is 0.328 e. The van der Waals surface area contributed by atoms with E-state index in [-0.39, 0.29) is 10.9 Å². The fourth-order valence-electron chi connectivity index (χ4n) is 2.29. The Morgan fingerprint density at radius 2 is 1.86 bits per heavy atom. The number of ether oxygens (including phenoxy) is 1. The van der Waals surface area contributed by atoms with Crippen molar-refractivity contribution < 1.29 is 18.8 Å². The zero-order chi connectivity index (χ0) is 21.7. The van der Waals surface area contributed by atoms with Crippen LogP contribution in [0.4, 0.5) is 0 Å². The number of hydrogen-bond donors (Lipinski definition) is 2. The average molecular weight is 520 g/mol. The molecule has 1 amide bonds. The topological polar surface area (TPSA) is 76.7 Å². The van der Waals surface area contributed by atoms with Gasteiger partial charge < -0.3 is 19.8 Å². The van der Waals surface area contributed by atoms with Crippen molar-refractivity contribution in [2.45, 2.75) is 64.3 Å². The predicted octanol–water partition coefficient (Wildman–Crippen LogP) is 3.48. The first-order valence-electron chi connectivity index (χ1n) is 9.35. The van der Waals surface area contributed by atoms with E-state index in [1.54, 1.807) is 14.0 Å². The number of rotatable bonds is 8. The molecule has 0 saturated heterocycles. The standard InChI is InChI=1S/C20H33IN2O4Si/c1-13(19(25)26-6)23-18(24)16(22-5)12-14-9-10-17(15(21)11-14)27-28(7,8)20(2,3)4/h9-11,13,16,22H,12H2,1-8H3,(H,23,24)/t13-,16+/m0/s1. The minimum atomic E-state index is -1.91. The summed E-state index contributed by atoms with van der Waals surface area (Å²) in [6.07, 6.45) is 0.507. The van der Waals surface area contributed by atoms with Crippen molar-refractivity contribution in [2.75, 3.05) is 14.2 Å². The van der Waals surface area contributed by atoms with Gasteiger partial charge in [0.25, 0.3) is 8.32 Å². The van der Waals surface area contributed by atoms with E-state index in [0.717, 1.165) is 14.9 Å². The molecule has 1 aromatic carbocycles. The molecule has 1 rings (SSSR count). The summed E-state index contributed by atoms with van der Waals surface area (Å²) in [5, 5.41) is 5.82. The summed E-state index contributed by atoms with van der Waals surface area (Å²) in [4.78, 5) is 24.0. The Balaban J connectivity index is 2.87. The second kappa shape index (κ2) is 10.1. The van der Waals surface area contributed by atoms with E-state index in [9.17, 15) is 9.59 Å². The van der Waals surface area contributed by atoms with Crippen LogP contribution in [0.3, 0.4) is 0 Å².